The fourth-order valence-corrected chi connectivity index (χ4v) is 4.71. The SMILES string of the molecule is N#Cc1ccc(N2CCC(Nc3c(C(N)=Nc4cc(F)ccc4Cl)cnn4cc(Br)cc34)CC2)nn1. The second-order valence-electron chi connectivity index (χ2n) is 8.31. The third kappa shape index (κ3) is 4.96. The lowest BCUT2D eigenvalue weighted by Gasteiger charge is -2.33. The monoisotopic (exact) mass is 567 g/mol. The predicted octanol–water partition coefficient (Wildman–Crippen LogP) is 4.67. The fraction of sp³-hybridized carbons (Fsp3) is 0.208. The first-order valence-corrected chi connectivity index (χ1v) is 12.3. The maximum Gasteiger partial charge on any atom is 0.163 e. The standard InChI is InChI=1S/C24H20BrClFN9/c25-14-9-21-23(31-16-5-7-35(8-6-16)22-4-2-17(11-28)33-34-22)18(12-30-36(21)13-14)24(29)32-20-10-15(27)1-3-19(20)26/h1-4,9-10,12-13,16,31H,5-8H2,(H2,29,32). The third-order valence-electron chi connectivity index (χ3n) is 5.96. The van der Waals surface area contributed by atoms with E-state index in [1.807, 2.05) is 24.4 Å². The average Bonchev–Trinajstić information content (AvgIpc) is 3.27. The van der Waals surface area contributed by atoms with Gasteiger partial charge < -0.3 is 16.0 Å². The van der Waals surface area contributed by atoms with E-state index in [9.17, 15) is 4.39 Å². The number of benzene rings is 1. The molecule has 1 fully saturated rings. The van der Waals surface area contributed by atoms with E-state index in [1.165, 1.54) is 18.2 Å². The van der Waals surface area contributed by atoms with Gasteiger partial charge in [0.2, 0.25) is 0 Å². The van der Waals surface area contributed by atoms with E-state index in [4.69, 9.17) is 22.6 Å². The molecule has 0 saturated carbocycles. The van der Waals surface area contributed by atoms with Crippen LogP contribution in [-0.4, -0.2) is 44.8 Å². The summed E-state index contributed by atoms with van der Waals surface area (Å²) in [6, 6.07) is 11.5. The van der Waals surface area contributed by atoms with Crippen molar-refractivity contribution in [3.8, 4) is 6.07 Å². The Bertz CT molecular complexity index is 1490. The Kier molecular flexibility index (Phi) is 6.71. The molecule has 3 N–H and O–H groups in total. The molecule has 0 atom stereocenters. The summed E-state index contributed by atoms with van der Waals surface area (Å²) in [7, 11) is 0. The van der Waals surface area contributed by atoms with Gasteiger partial charge in [-0.2, -0.15) is 10.4 Å². The molecule has 36 heavy (non-hydrogen) atoms. The molecule has 1 aliphatic rings. The van der Waals surface area contributed by atoms with E-state index >= 15 is 0 Å². The molecule has 0 aliphatic carbocycles. The highest BCUT2D eigenvalue weighted by Crippen LogP contribution is 2.31. The maximum absolute atomic E-state index is 13.8. The number of aliphatic imine (C=N–C) groups is 1. The van der Waals surface area contributed by atoms with Crippen LogP contribution in [0.3, 0.4) is 0 Å². The Labute approximate surface area is 219 Å². The van der Waals surface area contributed by atoms with Crippen molar-refractivity contribution in [2.75, 3.05) is 23.3 Å². The second kappa shape index (κ2) is 10.1. The Balaban J connectivity index is 1.41. The Morgan fingerprint density at radius 2 is 2.03 bits per heavy atom. The highest BCUT2D eigenvalue weighted by Gasteiger charge is 2.23. The van der Waals surface area contributed by atoms with Crippen LogP contribution in [0.15, 0.2) is 58.3 Å². The van der Waals surface area contributed by atoms with Gasteiger partial charge in [-0.1, -0.05) is 11.6 Å². The van der Waals surface area contributed by atoms with Crippen LogP contribution in [0.1, 0.15) is 24.1 Å². The summed E-state index contributed by atoms with van der Waals surface area (Å²) in [6.45, 7) is 1.53. The zero-order chi connectivity index (χ0) is 25.2. The summed E-state index contributed by atoms with van der Waals surface area (Å²) < 4.78 is 16.4. The molecule has 9 nitrogen and oxygen atoms in total. The van der Waals surface area contributed by atoms with E-state index in [1.54, 1.807) is 16.8 Å². The molecular weight excluding hydrogens is 549 g/mol. The van der Waals surface area contributed by atoms with Crippen molar-refractivity contribution < 1.29 is 4.39 Å². The van der Waals surface area contributed by atoms with Crippen LogP contribution in [0, 0.1) is 17.1 Å². The van der Waals surface area contributed by atoms with Gasteiger partial charge in [-0.05, 0) is 59.1 Å². The van der Waals surface area contributed by atoms with Gasteiger partial charge in [0.05, 0.1) is 33.7 Å². The van der Waals surface area contributed by atoms with Gasteiger partial charge in [0, 0.05) is 35.9 Å². The van der Waals surface area contributed by atoms with Crippen molar-refractivity contribution in [1.82, 2.24) is 19.8 Å². The molecular formula is C24H20BrClFN9. The van der Waals surface area contributed by atoms with Crippen LogP contribution < -0.4 is 16.0 Å². The largest absolute Gasteiger partial charge is 0.383 e. The number of nitrogens with two attached hydrogens (primary N) is 1. The van der Waals surface area contributed by atoms with Gasteiger partial charge >= 0.3 is 0 Å². The van der Waals surface area contributed by atoms with Gasteiger partial charge in [0.1, 0.15) is 17.7 Å². The predicted molar refractivity (Wildman–Crippen MR) is 140 cm³/mol. The molecule has 4 heterocycles. The smallest absolute Gasteiger partial charge is 0.163 e. The van der Waals surface area contributed by atoms with Gasteiger partial charge in [-0.3, -0.25) is 0 Å². The van der Waals surface area contributed by atoms with E-state index < -0.39 is 5.82 Å². The third-order valence-corrected chi connectivity index (χ3v) is 6.71. The minimum atomic E-state index is -0.452. The fourth-order valence-electron chi connectivity index (χ4n) is 4.14. The van der Waals surface area contributed by atoms with Crippen molar-refractivity contribution in [2.24, 2.45) is 10.7 Å². The molecule has 1 saturated heterocycles. The van der Waals surface area contributed by atoms with Crippen molar-refractivity contribution >= 4 is 56.1 Å². The zero-order valence-electron chi connectivity index (χ0n) is 18.9. The van der Waals surface area contributed by atoms with Crippen LogP contribution in [-0.2, 0) is 0 Å². The first kappa shape index (κ1) is 24.0. The number of hydrogen-bond donors (Lipinski definition) is 2. The molecule has 5 rings (SSSR count). The van der Waals surface area contributed by atoms with Crippen molar-refractivity contribution in [3.63, 3.8) is 0 Å². The summed E-state index contributed by atoms with van der Waals surface area (Å²) in [6.07, 6.45) is 5.16. The summed E-state index contributed by atoms with van der Waals surface area (Å²) in [5.41, 5.74) is 9.12. The maximum atomic E-state index is 13.8. The number of rotatable bonds is 5. The lowest BCUT2D eigenvalue weighted by Crippen LogP contribution is -2.40. The Morgan fingerprint density at radius 3 is 2.75 bits per heavy atom. The minimum absolute atomic E-state index is 0.150. The first-order chi connectivity index (χ1) is 17.4. The van der Waals surface area contributed by atoms with E-state index in [2.05, 4.69) is 46.4 Å². The summed E-state index contributed by atoms with van der Waals surface area (Å²) in [5.74, 6) is 0.466. The first-order valence-electron chi connectivity index (χ1n) is 11.1. The molecule has 12 heteroatoms. The van der Waals surface area contributed by atoms with Crippen molar-refractivity contribution in [3.05, 3.63) is 75.4 Å². The number of amidine groups is 1. The number of fused-ring (bicyclic) bond motifs is 1. The number of nitrogens with zero attached hydrogens (tertiary/aromatic N) is 7. The van der Waals surface area contributed by atoms with E-state index in [0.717, 1.165) is 47.4 Å². The number of aromatic nitrogens is 4. The molecule has 0 amide bonds. The normalized spacial score (nSPS) is 14.7. The Morgan fingerprint density at radius 1 is 1.22 bits per heavy atom. The van der Waals surface area contributed by atoms with Crippen LogP contribution in [0.4, 0.5) is 21.6 Å². The van der Waals surface area contributed by atoms with Crippen LogP contribution >= 0.6 is 27.5 Å². The average molecular weight is 569 g/mol. The van der Waals surface area contributed by atoms with Crippen molar-refractivity contribution in [2.45, 2.75) is 18.9 Å². The van der Waals surface area contributed by atoms with Crippen LogP contribution in [0.2, 0.25) is 5.02 Å². The Hall–Kier alpha value is -3.75. The molecule has 1 aromatic carbocycles. The topological polar surface area (TPSA) is 121 Å². The molecule has 182 valence electrons. The number of nitriles is 1. The highest BCUT2D eigenvalue weighted by molar-refractivity contribution is 9.10. The molecule has 1 aliphatic heterocycles. The number of anilines is 2. The quantitative estimate of drug-likeness (QED) is 0.265. The van der Waals surface area contributed by atoms with Gasteiger partial charge in [0.25, 0.3) is 0 Å². The van der Waals surface area contributed by atoms with E-state index in [0.29, 0.717) is 16.3 Å². The van der Waals surface area contributed by atoms with Gasteiger partial charge in [-0.15, -0.1) is 10.2 Å². The van der Waals surface area contributed by atoms with E-state index in [-0.39, 0.29) is 17.6 Å². The van der Waals surface area contributed by atoms with Crippen molar-refractivity contribution in [1.29, 1.82) is 5.26 Å². The van der Waals surface area contributed by atoms with Crippen LogP contribution in [0.5, 0.6) is 0 Å². The molecule has 0 unspecified atom stereocenters. The van der Waals surface area contributed by atoms with Gasteiger partial charge in [0.15, 0.2) is 11.5 Å². The number of halogens is 3. The summed E-state index contributed by atoms with van der Waals surface area (Å²) in [5, 5.41) is 25.4. The summed E-state index contributed by atoms with van der Waals surface area (Å²) >= 11 is 9.71. The van der Waals surface area contributed by atoms with Crippen LogP contribution in [0.25, 0.3) is 5.52 Å². The lowest BCUT2D eigenvalue weighted by atomic mass is 10.0. The minimum Gasteiger partial charge on any atom is -0.383 e. The number of nitrogens with one attached hydrogen (secondary N) is 1. The highest BCUT2D eigenvalue weighted by atomic mass is 79.9. The number of piperidine rings is 1. The molecule has 0 bridgehead atoms. The molecule has 4 aromatic rings. The van der Waals surface area contributed by atoms with Gasteiger partial charge in [-0.25, -0.2) is 13.9 Å². The summed E-state index contributed by atoms with van der Waals surface area (Å²) in [4.78, 5) is 6.54. The number of hydrogen-bond acceptors (Lipinski definition) is 7. The molecule has 3 aromatic heterocycles. The zero-order valence-corrected chi connectivity index (χ0v) is 21.2. The molecule has 0 radical (unpaired) electrons. The second-order valence-corrected chi connectivity index (χ2v) is 9.63. The lowest BCUT2D eigenvalue weighted by molar-refractivity contribution is 0.522. The molecule has 0 spiro atoms.